The van der Waals surface area contributed by atoms with Crippen LogP contribution in [0.1, 0.15) is 44.7 Å². The van der Waals surface area contributed by atoms with Gasteiger partial charge in [0.15, 0.2) is 0 Å². The van der Waals surface area contributed by atoms with E-state index in [9.17, 15) is 0 Å². The van der Waals surface area contributed by atoms with Crippen molar-refractivity contribution in [1.82, 2.24) is 5.32 Å². The first-order chi connectivity index (χ1) is 7.70. The molecule has 1 nitrogen and oxygen atoms in total. The smallest absolute Gasteiger partial charge is 0.0409 e. The molecule has 2 rings (SSSR count). The molecule has 3 atom stereocenters. The Kier molecular flexibility index (Phi) is 3.88. The molecule has 1 fully saturated rings. The number of nitrogens with one attached hydrogen (secondary N) is 1. The third-order valence-corrected chi connectivity index (χ3v) is 3.63. The van der Waals surface area contributed by atoms with Crippen LogP contribution in [0.3, 0.4) is 0 Å². The Balaban J connectivity index is 1.87. The molecule has 0 spiro atoms. The second-order valence-electron chi connectivity index (χ2n) is 4.83. The Labute approximate surface area is 103 Å². The van der Waals surface area contributed by atoms with Gasteiger partial charge in [0, 0.05) is 17.1 Å². The summed E-state index contributed by atoms with van der Waals surface area (Å²) in [6, 6.07) is 9.28. The predicted octanol–water partition coefficient (Wildman–Crippen LogP) is 4.18. The summed E-state index contributed by atoms with van der Waals surface area (Å²) in [6.45, 7) is 4.47. The average Bonchev–Trinajstić information content (AvgIpc) is 2.97. The fourth-order valence-electron chi connectivity index (χ4n) is 2.33. The molecule has 1 aromatic carbocycles. The summed E-state index contributed by atoms with van der Waals surface area (Å²) in [6.07, 6.45) is 4.01. The van der Waals surface area contributed by atoms with Crippen molar-refractivity contribution in [2.24, 2.45) is 5.92 Å². The minimum Gasteiger partial charge on any atom is -0.307 e. The van der Waals surface area contributed by atoms with Gasteiger partial charge in [0.2, 0.25) is 0 Å². The Morgan fingerprint density at radius 3 is 3.00 bits per heavy atom. The number of rotatable bonds is 5. The van der Waals surface area contributed by atoms with E-state index >= 15 is 0 Å². The van der Waals surface area contributed by atoms with E-state index in [-0.39, 0.29) is 0 Å². The Morgan fingerprint density at radius 1 is 1.50 bits per heavy atom. The van der Waals surface area contributed by atoms with Crippen LogP contribution in [-0.2, 0) is 0 Å². The zero-order valence-electron chi connectivity index (χ0n) is 10.0. The molecule has 88 valence electrons. The lowest BCUT2D eigenvalue weighted by atomic mass is 10.1. The standard InChI is InChI=1S/C14H20ClN/c1-3-5-12-9-14(12)16-10(2)11-6-4-7-13(15)8-11/h4,6-8,10,12,14,16H,3,5,9H2,1-2H3. The molecule has 0 heterocycles. The van der Waals surface area contributed by atoms with E-state index < -0.39 is 0 Å². The number of benzene rings is 1. The molecule has 0 amide bonds. The molecule has 0 bridgehead atoms. The molecule has 2 heteroatoms. The first-order valence-electron chi connectivity index (χ1n) is 6.22. The van der Waals surface area contributed by atoms with Gasteiger partial charge in [-0.1, -0.05) is 37.1 Å². The summed E-state index contributed by atoms with van der Waals surface area (Å²) in [7, 11) is 0. The van der Waals surface area contributed by atoms with E-state index in [2.05, 4.69) is 31.3 Å². The van der Waals surface area contributed by atoms with Crippen LogP contribution < -0.4 is 5.32 Å². The van der Waals surface area contributed by atoms with Crippen LogP contribution in [0, 0.1) is 5.92 Å². The highest BCUT2D eigenvalue weighted by Crippen LogP contribution is 2.36. The number of hydrogen-bond acceptors (Lipinski definition) is 1. The summed E-state index contributed by atoms with van der Waals surface area (Å²) in [5.74, 6) is 0.909. The van der Waals surface area contributed by atoms with E-state index in [0.717, 1.165) is 17.0 Å². The second-order valence-corrected chi connectivity index (χ2v) is 5.27. The molecule has 0 aliphatic heterocycles. The second kappa shape index (κ2) is 5.20. The van der Waals surface area contributed by atoms with E-state index in [0.29, 0.717) is 6.04 Å². The third kappa shape index (κ3) is 2.99. The molecular weight excluding hydrogens is 218 g/mol. The molecular formula is C14H20ClN. The van der Waals surface area contributed by atoms with E-state index in [4.69, 9.17) is 11.6 Å². The SMILES string of the molecule is CCCC1CC1NC(C)c1cccc(Cl)c1. The molecule has 3 unspecified atom stereocenters. The summed E-state index contributed by atoms with van der Waals surface area (Å²) in [4.78, 5) is 0. The zero-order valence-corrected chi connectivity index (χ0v) is 10.8. The fraction of sp³-hybridized carbons (Fsp3) is 0.571. The minimum absolute atomic E-state index is 0.408. The van der Waals surface area contributed by atoms with Crippen LogP contribution in [-0.4, -0.2) is 6.04 Å². The fourth-order valence-corrected chi connectivity index (χ4v) is 2.53. The highest BCUT2D eigenvalue weighted by Gasteiger charge is 2.36. The molecule has 1 N–H and O–H groups in total. The van der Waals surface area contributed by atoms with Gasteiger partial charge >= 0.3 is 0 Å². The zero-order chi connectivity index (χ0) is 11.5. The maximum atomic E-state index is 5.99. The number of halogens is 1. The first kappa shape index (κ1) is 11.9. The van der Waals surface area contributed by atoms with Gasteiger partial charge in [0.25, 0.3) is 0 Å². The predicted molar refractivity (Wildman–Crippen MR) is 69.8 cm³/mol. The quantitative estimate of drug-likeness (QED) is 0.810. The van der Waals surface area contributed by atoms with Crippen LogP contribution in [0.15, 0.2) is 24.3 Å². The van der Waals surface area contributed by atoms with Crippen molar-refractivity contribution in [3.63, 3.8) is 0 Å². The van der Waals surface area contributed by atoms with Crippen LogP contribution in [0.25, 0.3) is 0 Å². The van der Waals surface area contributed by atoms with Gasteiger partial charge in [-0.25, -0.2) is 0 Å². The van der Waals surface area contributed by atoms with Gasteiger partial charge in [-0.15, -0.1) is 0 Å². The van der Waals surface area contributed by atoms with Crippen LogP contribution in [0.5, 0.6) is 0 Å². The average molecular weight is 238 g/mol. The molecule has 1 aliphatic rings. The Morgan fingerprint density at radius 2 is 2.31 bits per heavy atom. The highest BCUT2D eigenvalue weighted by atomic mass is 35.5. The van der Waals surface area contributed by atoms with Gasteiger partial charge < -0.3 is 5.32 Å². The normalized spacial score (nSPS) is 25.4. The monoisotopic (exact) mass is 237 g/mol. The van der Waals surface area contributed by atoms with Crippen molar-refractivity contribution in [1.29, 1.82) is 0 Å². The maximum Gasteiger partial charge on any atom is 0.0409 e. The van der Waals surface area contributed by atoms with Gasteiger partial charge in [0.05, 0.1) is 0 Å². The van der Waals surface area contributed by atoms with E-state index in [1.807, 2.05) is 12.1 Å². The molecule has 1 aliphatic carbocycles. The van der Waals surface area contributed by atoms with Gasteiger partial charge in [-0.2, -0.15) is 0 Å². The minimum atomic E-state index is 0.408. The van der Waals surface area contributed by atoms with Crippen molar-refractivity contribution in [3.05, 3.63) is 34.9 Å². The largest absolute Gasteiger partial charge is 0.307 e. The lowest BCUT2D eigenvalue weighted by Crippen LogP contribution is -2.22. The Hall–Kier alpha value is -0.530. The summed E-state index contributed by atoms with van der Waals surface area (Å²) < 4.78 is 0. The molecule has 0 saturated heterocycles. The van der Waals surface area contributed by atoms with Crippen molar-refractivity contribution in [2.45, 2.75) is 45.2 Å². The molecule has 1 aromatic rings. The highest BCUT2D eigenvalue weighted by molar-refractivity contribution is 6.30. The van der Waals surface area contributed by atoms with Crippen molar-refractivity contribution in [2.75, 3.05) is 0 Å². The van der Waals surface area contributed by atoms with Crippen molar-refractivity contribution < 1.29 is 0 Å². The maximum absolute atomic E-state index is 5.99. The van der Waals surface area contributed by atoms with Gasteiger partial charge in [-0.05, 0) is 43.4 Å². The van der Waals surface area contributed by atoms with Crippen molar-refractivity contribution in [3.8, 4) is 0 Å². The lowest BCUT2D eigenvalue weighted by Gasteiger charge is -2.14. The summed E-state index contributed by atoms with van der Waals surface area (Å²) in [5.41, 5.74) is 1.29. The summed E-state index contributed by atoms with van der Waals surface area (Å²) in [5, 5.41) is 4.50. The van der Waals surface area contributed by atoms with Gasteiger partial charge in [0.1, 0.15) is 0 Å². The summed E-state index contributed by atoms with van der Waals surface area (Å²) >= 11 is 5.99. The van der Waals surface area contributed by atoms with Crippen LogP contribution in [0.2, 0.25) is 5.02 Å². The molecule has 0 radical (unpaired) electrons. The van der Waals surface area contributed by atoms with Crippen LogP contribution >= 0.6 is 11.6 Å². The molecule has 0 aromatic heterocycles. The number of hydrogen-bond donors (Lipinski definition) is 1. The van der Waals surface area contributed by atoms with Crippen molar-refractivity contribution >= 4 is 11.6 Å². The Bertz CT molecular complexity index is 350. The van der Waals surface area contributed by atoms with E-state index in [1.165, 1.54) is 24.8 Å². The van der Waals surface area contributed by atoms with Crippen LogP contribution in [0.4, 0.5) is 0 Å². The third-order valence-electron chi connectivity index (χ3n) is 3.39. The topological polar surface area (TPSA) is 12.0 Å². The lowest BCUT2D eigenvalue weighted by molar-refractivity contribution is 0.530. The molecule has 16 heavy (non-hydrogen) atoms. The van der Waals surface area contributed by atoms with Gasteiger partial charge in [-0.3, -0.25) is 0 Å². The molecule has 1 saturated carbocycles. The first-order valence-corrected chi connectivity index (χ1v) is 6.60. The van der Waals surface area contributed by atoms with E-state index in [1.54, 1.807) is 0 Å².